The van der Waals surface area contributed by atoms with Crippen LogP contribution in [0.5, 0.6) is 5.75 Å². The minimum absolute atomic E-state index is 0.504. The molecule has 0 bridgehead atoms. The molecule has 0 radical (unpaired) electrons. The first-order valence-corrected chi connectivity index (χ1v) is 5.55. The number of carbonyl (C=O) groups excluding carboxylic acids is 1. The summed E-state index contributed by atoms with van der Waals surface area (Å²) in [7, 11) is 4.41. The molecule has 0 aliphatic rings. The van der Waals surface area contributed by atoms with Crippen molar-refractivity contribution in [1.29, 1.82) is 0 Å². The fourth-order valence-corrected chi connectivity index (χ4v) is 1.83. The summed E-state index contributed by atoms with van der Waals surface area (Å²) < 4.78 is 15.1. The normalized spacial score (nSPS) is 13.8. The lowest BCUT2D eigenvalue weighted by Crippen LogP contribution is -2.38. The zero-order chi connectivity index (χ0) is 13.7. The number of esters is 1. The van der Waals surface area contributed by atoms with E-state index < -0.39 is 18.1 Å². The molecule has 5 nitrogen and oxygen atoms in total. The van der Waals surface area contributed by atoms with Crippen molar-refractivity contribution in [3.63, 3.8) is 0 Å². The molecule has 1 rings (SSSR count). The first kappa shape index (κ1) is 14.5. The van der Waals surface area contributed by atoms with Gasteiger partial charge in [0.15, 0.2) is 0 Å². The minimum Gasteiger partial charge on any atom is -0.496 e. The van der Waals surface area contributed by atoms with E-state index in [9.17, 15) is 4.79 Å². The lowest BCUT2D eigenvalue weighted by molar-refractivity contribution is -0.145. The fourth-order valence-electron chi connectivity index (χ4n) is 1.83. The quantitative estimate of drug-likeness (QED) is 0.798. The maximum absolute atomic E-state index is 11.4. The van der Waals surface area contributed by atoms with E-state index >= 15 is 0 Å². The zero-order valence-corrected chi connectivity index (χ0v) is 11.1. The SMILES string of the molecule is COC(=O)[C@@H](N)C(OC)c1ccc(OC)c(C)c1. The molecule has 2 N–H and O–H groups in total. The monoisotopic (exact) mass is 253 g/mol. The van der Waals surface area contributed by atoms with Crippen LogP contribution in [0.2, 0.25) is 0 Å². The van der Waals surface area contributed by atoms with Crippen LogP contribution in [0.1, 0.15) is 17.2 Å². The summed E-state index contributed by atoms with van der Waals surface area (Å²) in [5.74, 6) is 0.274. The Balaban J connectivity index is 3.02. The van der Waals surface area contributed by atoms with E-state index in [0.29, 0.717) is 0 Å². The Morgan fingerprint density at radius 2 is 1.94 bits per heavy atom. The highest BCUT2D eigenvalue weighted by molar-refractivity contribution is 5.76. The van der Waals surface area contributed by atoms with Crippen molar-refractivity contribution in [3.8, 4) is 5.75 Å². The second kappa shape index (κ2) is 6.37. The van der Waals surface area contributed by atoms with E-state index in [4.69, 9.17) is 15.2 Å². The predicted molar refractivity (Wildman–Crippen MR) is 67.5 cm³/mol. The van der Waals surface area contributed by atoms with Gasteiger partial charge in [-0.2, -0.15) is 0 Å². The lowest BCUT2D eigenvalue weighted by Gasteiger charge is -2.21. The van der Waals surface area contributed by atoms with Gasteiger partial charge in [0.25, 0.3) is 0 Å². The molecular formula is C13H19NO4. The molecule has 2 atom stereocenters. The van der Waals surface area contributed by atoms with Crippen LogP contribution in [0.3, 0.4) is 0 Å². The second-order valence-corrected chi connectivity index (χ2v) is 3.93. The van der Waals surface area contributed by atoms with Crippen molar-refractivity contribution in [2.24, 2.45) is 5.73 Å². The molecule has 0 spiro atoms. The van der Waals surface area contributed by atoms with Gasteiger partial charge in [0.05, 0.1) is 14.2 Å². The van der Waals surface area contributed by atoms with Crippen LogP contribution in [0, 0.1) is 6.92 Å². The number of aryl methyl sites for hydroxylation is 1. The molecule has 1 aromatic rings. The third-order valence-corrected chi connectivity index (χ3v) is 2.80. The number of hydrogen-bond acceptors (Lipinski definition) is 5. The molecule has 1 aromatic carbocycles. The number of ether oxygens (including phenoxy) is 3. The second-order valence-electron chi connectivity index (χ2n) is 3.93. The van der Waals surface area contributed by atoms with Crippen LogP contribution in [0.15, 0.2) is 18.2 Å². The molecule has 100 valence electrons. The van der Waals surface area contributed by atoms with Gasteiger partial charge >= 0.3 is 5.97 Å². The molecule has 18 heavy (non-hydrogen) atoms. The summed E-state index contributed by atoms with van der Waals surface area (Å²) in [6.45, 7) is 1.92. The molecule has 0 aliphatic heterocycles. The van der Waals surface area contributed by atoms with Gasteiger partial charge in [-0.05, 0) is 30.2 Å². The van der Waals surface area contributed by atoms with Crippen molar-refractivity contribution in [3.05, 3.63) is 29.3 Å². The third-order valence-electron chi connectivity index (χ3n) is 2.80. The summed E-state index contributed by atoms with van der Waals surface area (Å²) in [6, 6.07) is 4.67. The minimum atomic E-state index is -0.854. The maximum Gasteiger partial charge on any atom is 0.325 e. The maximum atomic E-state index is 11.4. The Morgan fingerprint density at radius 3 is 2.39 bits per heavy atom. The van der Waals surface area contributed by atoms with Gasteiger partial charge in [0, 0.05) is 7.11 Å². The molecule has 0 saturated carbocycles. The lowest BCUT2D eigenvalue weighted by atomic mass is 10.0. The van der Waals surface area contributed by atoms with Gasteiger partial charge in [0.2, 0.25) is 0 Å². The summed E-state index contributed by atoms with van der Waals surface area (Å²) in [4.78, 5) is 11.4. The molecular weight excluding hydrogens is 234 g/mol. The highest BCUT2D eigenvalue weighted by Crippen LogP contribution is 2.26. The zero-order valence-electron chi connectivity index (χ0n) is 11.1. The summed E-state index contributed by atoms with van der Waals surface area (Å²) in [5, 5.41) is 0. The highest BCUT2D eigenvalue weighted by Gasteiger charge is 2.27. The van der Waals surface area contributed by atoms with Crippen molar-refractivity contribution in [2.75, 3.05) is 21.3 Å². The average molecular weight is 253 g/mol. The van der Waals surface area contributed by atoms with Crippen LogP contribution < -0.4 is 10.5 Å². The Kier molecular flexibility index (Phi) is 5.12. The highest BCUT2D eigenvalue weighted by atomic mass is 16.5. The van der Waals surface area contributed by atoms with Crippen LogP contribution in [-0.2, 0) is 14.3 Å². The van der Waals surface area contributed by atoms with Crippen LogP contribution in [-0.4, -0.2) is 33.3 Å². The van der Waals surface area contributed by atoms with Crippen molar-refractivity contribution >= 4 is 5.97 Å². The third kappa shape index (κ3) is 3.00. The van der Waals surface area contributed by atoms with Gasteiger partial charge in [-0.15, -0.1) is 0 Å². The number of rotatable bonds is 5. The van der Waals surface area contributed by atoms with Crippen LogP contribution in [0.4, 0.5) is 0 Å². The van der Waals surface area contributed by atoms with Crippen molar-refractivity contribution < 1.29 is 19.0 Å². The number of hydrogen-bond donors (Lipinski definition) is 1. The van der Waals surface area contributed by atoms with E-state index in [2.05, 4.69) is 4.74 Å². The van der Waals surface area contributed by atoms with Crippen LogP contribution >= 0.6 is 0 Å². The van der Waals surface area contributed by atoms with Crippen molar-refractivity contribution in [2.45, 2.75) is 19.1 Å². The van der Waals surface area contributed by atoms with Gasteiger partial charge < -0.3 is 19.9 Å². The van der Waals surface area contributed by atoms with Gasteiger partial charge in [0.1, 0.15) is 17.9 Å². The standard InChI is InChI=1S/C13H19NO4/c1-8-7-9(5-6-10(8)16-2)12(17-3)11(14)13(15)18-4/h5-7,11-12H,14H2,1-4H3/t11-,12?/m0/s1. The molecule has 1 unspecified atom stereocenters. The molecule has 5 heteroatoms. The first-order valence-electron chi connectivity index (χ1n) is 5.55. The topological polar surface area (TPSA) is 70.8 Å². The average Bonchev–Trinajstić information content (AvgIpc) is 2.38. The summed E-state index contributed by atoms with van der Waals surface area (Å²) in [6.07, 6.45) is -0.540. The van der Waals surface area contributed by atoms with E-state index in [1.807, 2.05) is 25.1 Å². The smallest absolute Gasteiger partial charge is 0.325 e. The molecule has 0 saturated heterocycles. The van der Waals surface area contributed by atoms with E-state index in [-0.39, 0.29) is 0 Å². The molecule has 0 heterocycles. The molecule has 0 fully saturated rings. The Morgan fingerprint density at radius 1 is 1.28 bits per heavy atom. The number of benzene rings is 1. The Bertz CT molecular complexity index is 419. The number of nitrogens with two attached hydrogens (primary N) is 1. The number of methoxy groups -OCH3 is 3. The molecule has 0 aromatic heterocycles. The van der Waals surface area contributed by atoms with E-state index in [1.54, 1.807) is 7.11 Å². The van der Waals surface area contributed by atoms with Crippen molar-refractivity contribution in [1.82, 2.24) is 0 Å². The largest absolute Gasteiger partial charge is 0.496 e. The van der Waals surface area contributed by atoms with E-state index in [0.717, 1.165) is 16.9 Å². The first-order chi connectivity index (χ1) is 8.54. The van der Waals surface area contributed by atoms with Crippen LogP contribution in [0.25, 0.3) is 0 Å². The summed E-state index contributed by atoms with van der Waals surface area (Å²) >= 11 is 0. The number of carbonyl (C=O) groups is 1. The Labute approximate surface area is 107 Å². The molecule has 0 amide bonds. The fraction of sp³-hybridized carbons (Fsp3) is 0.462. The Hall–Kier alpha value is -1.59. The molecule has 0 aliphatic carbocycles. The van der Waals surface area contributed by atoms with Gasteiger partial charge in [-0.3, -0.25) is 4.79 Å². The van der Waals surface area contributed by atoms with Gasteiger partial charge in [-0.1, -0.05) is 6.07 Å². The van der Waals surface area contributed by atoms with E-state index in [1.165, 1.54) is 14.2 Å². The van der Waals surface area contributed by atoms with Gasteiger partial charge in [-0.25, -0.2) is 0 Å². The predicted octanol–water partition coefficient (Wildman–Crippen LogP) is 1.19. The summed E-state index contributed by atoms with van der Waals surface area (Å²) in [5.41, 5.74) is 7.57.